The van der Waals surface area contributed by atoms with E-state index in [9.17, 15) is 4.79 Å². The lowest BCUT2D eigenvalue weighted by Gasteiger charge is -2.12. The first kappa shape index (κ1) is 21.1. The van der Waals surface area contributed by atoms with E-state index in [0.29, 0.717) is 33.9 Å². The van der Waals surface area contributed by atoms with E-state index in [1.165, 1.54) is 11.8 Å². The van der Waals surface area contributed by atoms with E-state index in [0.717, 1.165) is 16.9 Å². The maximum absolute atomic E-state index is 12.6. The molecule has 0 radical (unpaired) electrons. The van der Waals surface area contributed by atoms with Gasteiger partial charge in [-0.2, -0.15) is 0 Å². The molecule has 9 heteroatoms. The highest BCUT2D eigenvalue weighted by Gasteiger charge is 2.18. The molecule has 3 aromatic heterocycles. The molecule has 0 bridgehead atoms. The van der Waals surface area contributed by atoms with Crippen LogP contribution in [0.25, 0.3) is 11.5 Å². The minimum atomic E-state index is -0.175. The van der Waals surface area contributed by atoms with Gasteiger partial charge in [-0.1, -0.05) is 35.5 Å². The molecule has 158 valence electrons. The topological polar surface area (TPSA) is 85.8 Å². The molecule has 0 fully saturated rings. The van der Waals surface area contributed by atoms with Gasteiger partial charge in [0.05, 0.1) is 29.3 Å². The number of thioether (sulfide) groups is 1. The van der Waals surface area contributed by atoms with Crippen molar-refractivity contribution in [2.45, 2.75) is 25.5 Å². The van der Waals surface area contributed by atoms with Crippen molar-refractivity contribution in [3.8, 4) is 11.5 Å². The lowest BCUT2D eigenvalue weighted by Crippen LogP contribution is -2.16. The summed E-state index contributed by atoms with van der Waals surface area (Å²) in [5.74, 6) is 1.34. The van der Waals surface area contributed by atoms with Crippen molar-refractivity contribution < 1.29 is 9.21 Å². The van der Waals surface area contributed by atoms with E-state index in [1.807, 2.05) is 60.9 Å². The van der Waals surface area contributed by atoms with Crippen LogP contribution in [-0.2, 0) is 11.3 Å². The van der Waals surface area contributed by atoms with Crippen molar-refractivity contribution in [3.63, 3.8) is 0 Å². The van der Waals surface area contributed by atoms with Crippen molar-refractivity contribution in [1.29, 1.82) is 0 Å². The largest absolute Gasteiger partial charge is 0.467 e. The van der Waals surface area contributed by atoms with Crippen LogP contribution in [0.15, 0.2) is 64.5 Å². The fourth-order valence-electron chi connectivity index (χ4n) is 3.16. The van der Waals surface area contributed by atoms with E-state index in [1.54, 1.807) is 12.5 Å². The third-order valence-electron chi connectivity index (χ3n) is 4.53. The summed E-state index contributed by atoms with van der Waals surface area (Å²) in [4.78, 5) is 17.0. The lowest BCUT2D eigenvalue weighted by atomic mass is 10.1. The summed E-state index contributed by atoms with van der Waals surface area (Å²) in [6, 6.07) is 13.1. The number of halogens is 1. The molecular weight excluding hydrogens is 434 g/mol. The molecule has 1 N–H and O–H groups in total. The number of aryl methyl sites for hydroxylation is 2. The number of amides is 1. The molecule has 0 aliphatic heterocycles. The summed E-state index contributed by atoms with van der Waals surface area (Å²) >= 11 is 7.60. The van der Waals surface area contributed by atoms with Gasteiger partial charge in [0.15, 0.2) is 11.0 Å². The Morgan fingerprint density at radius 2 is 2.06 bits per heavy atom. The highest BCUT2D eigenvalue weighted by molar-refractivity contribution is 7.99. The molecule has 7 nitrogen and oxygen atoms in total. The predicted molar refractivity (Wildman–Crippen MR) is 121 cm³/mol. The molecule has 0 saturated heterocycles. The Balaban J connectivity index is 1.53. The average Bonchev–Trinajstić information content (AvgIpc) is 3.40. The number of rotatable bonds is 7. The zero-order chi connectivity index (χ0) is 21.8. The fourth-order valence-corrected chi connectivity index (χ4v) is 4.27. The molecule has 0 spiro atoms. The molecule has 0 saturated carbocycles. The van der Waals surface area contributed by atoms with Crippen molar-refractivity contribution in [1.82, 2.24) is 19.7 Å². The lowest BCUT2D eigenvalue weighted by molar-refractivity contribution is -0.113. The standard InChI is InChI=1S/C22H20ClN5O2S/c1-14-10-15(2)20(17(23)11-14)25-19(29)13-31-22-27-26-21(18-7-3-4-8-24-18)28(22)12-16-6-5-9-30-16/h3-11H,12-13H2,1-2H3,(H,25,29). The summed E-state index contributed by atoms with van der Waals surface area (Å²) < 4.78 is 7.39. The number of hydrogen-bond acceptors (Lipinski definition) is 6. The van der Waals surface area contributed by atoms with Crippen LogP contribution in [0.4, 0.5) is 5.69 Å². The Labute approximate surface area is 188 Å². The Bertz CT molecular complexity index is 1170. The van der Waals surface area contributed by atoms with Crippen LogP contribution in [0.5, 0.6) is 0 Å². The number of benzene rings is 1. The average molecular weight is 454 g/mol. The second kappa shape index (κ2) is 9.36. The van der Waals surface area contributed by atoms with Gasteiger partial charge in [0.25, 0.3) is 0 Å². The number of nitrogens with zero attached hydrogens (tertiary/aromatic N) is 4. The normalized spacial score (nSPS) is 10.9. The first-order valence-electron chi connectivity index (χ1n) is 9.57. The summed E-state index contributed by atoms with van der Waals surface area (Å²) in [6.07, 6.45) is 3.32. The van der Waals surface area contributed by atoms with E-state index in [2.05, 4.69) is 20.5 Å². The number of pyridine rings is 1. The van der Waals surface area contributed by atoms with Crippen LogP contribution in [0.1, 0.15) is 16.9 Å². The smallest absolute Gasteiger partial charge is 0.234 e. The Morgan fingerprint density at radius 1 is 1.19 bits per heavy atom. The number of furan rings is 1. The van der Waals surface area contributed by atoms with Crippen molar-refractivity contribution >= 4 is 35.0 Å². The zero-order valence-electron chi connectivity index (χ0n) is 17.0. The van der Waals surface area contributed by atoms with E-state index in [-0.39, 0.29) is 11.7 Å². The Hall–Kier alpha value is -3.10. The summed E-state index contributed by atoms with van der Waals surface area (Å²) in [5.41, 5.74) is 3.29. The van der Waals surface area contributed by atoms with Crippen LogP contribution in [-0.4, -0.2) is 31.4 Å². The van der Waals surface area contributed by atoms with Gasteiger partial charge in [0, 0.05) is 6.20 Å². The number of nitrogens with one attached hydrogen (secondary N) is 1. The van der Waals surface area contributed by atoms with Gasteiger partial charge < -0.3 is 9.73 Å². The van der Waals surface area contributed by atoms with E-state index >= 15 is 0 Å². The maximum atomic E-state index is 12.6. The number of carbonyl (C=O) groups is 1. The molecule has 0 atom stereocenters. The highest BCUT2D eigenvalue weighted by Crippen LogP contribution is 2.28. The molecule has 4 rings (SSSR count). The monoisotopic (exact) mass is 453 g/mol. The van der Waals surface area contributed by atoms with Crippen LogP contribution in [0, 0.1) is 13.8 Å². The van der Waals surface area contributed by atoms with Crippen LogP contribution < -0.4 is 5.32 Å². The maximum Gasteiger partial charge on any atom is 0.234 e. The van der Waals surface area contributed by atoms with Gasteiger partial charge in [-0.15, -0.1) is 10.2 Å². The Kier molecular flexibility index (Phi) is 6.39. The second-order valence-electron chi connectivity index (χ2n) is 6.96. The van der Waals surface area contributed by atoms with Crippen molar-refractivity contribution in [2.75, 3.05) is 11.1 Å². The Morgan fingerprint density at radius 3 is 2.77 bits per heavy atom. The SMILES string of the molecule is Cc1cc(C)c(NC(=O)CSc2nnc(-c3ccccn3)n2Cc2ccco2)c(Cl)c1. The van der Waals surface area contributed by atoms with Crippen LogP contribution in [0.3, 0.4) is 0 Å². The molecule has 1 aromatic carbocycles. The first-order chi connectivity index (χ1) is 15.0. The van der Waals surface area contributed by atoms with Crippen LogP contribution >= 0.6 is 23.4 Å². The summed E-state index contributed by atoms with van der Waals surface area (Å²) in [6.45, 7) is 4.31. The van der Waals surface area contributed by atoms with Gasteiger partial charge in [-0.25, -0.2) is 0 Å². The third kappa shape index (κ3) is 4.98. The van der Waals surface area contributed by atoms with Gasteiger partial charge in [-0.3, -0.25) is 14.3 Å². The molecule has 4 aromatic rings. The van der Waals surface area contributed by atoms with Crippen molar-refractivity contribution in [3.05, 3.63) is 76.8 Å². The number of anilines is 1. The molecule has 3 heterocycles. The molecule has 0 unspecified atom stereocenters. The van der Waals surface area contributed by atoms with Crippen LogP contribution in [0.2, 0.25) is 5.02 Å². The second-order valence-corrected chi connectivity index (χ2v) is 8.31. The highest BCUT2D eigenvalue weighted by atomic mass is 35.5. The van der Waals surface area contributed by atoms with Crippen molar-refractivity contribution in [2.24, 2.45) is 0 Å². The molecular formula is C22H20ClN5O2S. The summed E-state index contributed by atoms with van der Waals surface area (Å²) in [7, 11) is 0. The van der Waals surface area contributed by atoms with Gasteiger partial charge in [-0.05, 0) is 55.3 Å². The van der Waals surface area contributed by atoms with Gasteiger partial charge >= 0.3 is 0 Å². The predicted octanol–water partition coefficient (Wildman–Crippen LogP) is 4.98. The minimum Gasteiger partial charge on any atom is -0.467 e. The van der Waals surface area contributed by atoms with E-state index in [4.69, 9.17) is 16.0 Å². The number of carbonyl (C=O) groups excluding carboxylic acids is 1. The zero-order valence-corrected chi connectivity index (χ0v) is 18.6. The molecule has 1 amide bonds. The quantitative estimate of drug-likeness (QED) is 0.397. The molecule has 0 aliphatic rings. The third-order valence-corrected chi connectivity index (χ3v) is 5.80. The van der Waals surface area contributed by atoms with E-state index < -0.39 is 0 Å². The number of hydrogen-bond donors (Lipinski definition) is 1. The first-order valence-corrected chi connectivity index (χ1v) is 10.9. The fraction of sp³-hybridized carbons (Fsp3) is 0.182. The molecule has 0 aliphatic carbocycles. The number of aromatic nitrogens is 4. The minimum absolute atomic E-state index is 0.155. The molecule has 31 heavy (non-hydrogen) atoms. The van der Waals surface area contributed by atoms with Gasteiger partial charge in [0.1, 0.15) is 11.5 Å². The summed E-state index contributed by atoms with van der Waals surface area (Å²) in [5, 5.41) is 12.6. The van der Waals surface area contributed by atoms with Gasteiger partial charge in [0.2, 0.25) is 5.91 Å².